The Balaban J connectivity index is 2.25. The number of halogens is 1. The van der Waals surface area contributed by atoms with Gasteiger partial charge in [0.1, 0.15) is 11.4 Å². The van der Waals surface area contributed by atoms with E-state index in [1.54, 1.807) is 12.1 Å². The summed E-state index contributed by atoms with van der Waals surface area (Å²) in [7, 11) is 3.34. The van der Waals surface area contributed by atoms with Crippen LogP contribution < -0.4 is 5.32 Å². The number of rotatable bonds is 3. The Bertz CT molecular complexity index is 467. The van der Waals surface area contributed by atoms with Crippen LogP contribution in [0.4, 0.5) is 10.1 Å². The van der Waals surface area contributed by atoms with Gasteiger partial charge in [0.05, 0.1) is 7.11 Å². The zero-order valence-corrected chi connectivity index (χ0v) is 11.3. The second-order valence-corrected chi connectivity index (χ2v) is 5.05. The first-order valence-corrected chi connectivity index (χ1v) is 6.36. The number of likely N-dealkylation sites (N-methyl/N-ethyl adjacent to an activating group) is 1. The molecule has 5 heteroatoms. The minimum Gasteiger partial charge on any atom is -0.467 e. The van der Waals surface area contributed by atoms with Crippen molar-refractivity contribution in [2.24, 2.45) is 0 Å². The van der Waals surface area contributed by atoms with Crippen LogP contribution in [-0.4, -0.2) is 43.7 Å². The van der Waals surface area contributed by atoms with Crippen LogP contribution in [0.15, 0.2) is 24.3 Å². The molecule has 19 heavy (non-hydrogen) atoms. The van der Waals surface area contributed by atoms with Crippen molar-refractivity contribution in [1.29, 1.82) is 0 Å². The number of likely N-dealkylation sites (tertiary alicyclic amines) is 1. The first kappa shape index (κ1) is 13.8. The summed E-state index contributed by atoms with van der Waals surface area (Å²) < 4.78 is 18.2. The Kier molecular flexibility index (Phi) is 4.04. The molecule has 0 radical (unpaired) electrons. The van der Waals surface area contributed by atoms with Crippen LogP contribution in [-0.2, 0) is 9.53 Å². The van der Waals surface area contributed by atoms with Crippen molar-refractivity contribution < 1.29 is 13.9 Å². The molecule has 1 saturated heterocycles. The Hall–Kier alpha value is -1.62. The highest BCUT2D eigenvalue weighted by molar-refractivity contribution is 5.85. The number of ether oxygens (including phenoxy) is 1. The zero-order valence-electron chi connectivity index (χ0n) is 11.3. The van der Waals surface area contributed by atoms with Crippen molar-refractivity contribution >= 4 is 11.7 Å². The van der Waals surface area contributed by atoms with Crippen molar-refractivity contribution in [1.82, 2.24) is 4.90 Å². The summed E-state index contributed by atoms with van der Waals surface area (Å²) in [5.74, 6) is -0.627. The maximum Gasteiger partial charge on any atom is 0.332 e. The van der Waals surface area contributed by atoms with Crippen molar-refractivity contribution in [3.8, 4) is 0 Å². The van der Waals surface area contributed by atoms with Gasteiger partial charge >= 0.3 is 5.97 Å². The lowest BCUT2D eigenvalue weighted by molar-refractivity contribution is -0.147. The number of esters is 1. The summed E-state index contributed by atoms with van der Waals surface area (Å²) in [4.78, 5) is 14.2. The fraction of sp³-hybridized carbons (Fsp3) is 0.500. The van der Waals surface area contributed by atoms with Crippen LogP contribution in [0.25, 0.3) is 0 Å². The smallest absolute Gasteiger partial charge is 0.332 e. The van der Waals surface area contributed by atoms with E-state index in [1.807, 2.05) is 7.05 Å². The molecule has 0 amide bonds. The number of methoxy groups -OCH3 is 1. The standard InChI is InChI=1S/C14H19FN2O2/c1-17-8-4-7-14(10-17,13(18)19-2)16-12-6-3-5-11(15)9-12/h3,5-6,9,16H,4,7-8,10H2,1-2H3. The van der Waals surface area contributed by atoms with Gasteiger partial charge in [-0.2, -0.15) is 0 Å². The number of nitrogens with zero attached hydrogens (tertiary/aromatic N) is 1. The van der Waals surface area contributed by atoms with Crippen LogP contribution >= 0.6 is 0 Å². The normalized spacial score (nSPS) is 23.9. The van der Waals surface area contributed by atoms with E-state index in [9.17, 15) is 9.18 Å². The molecule has 2 rings (SSSR count). The minimum absolute atomic E-state index is 0.302. The van der Waals surface area contributed by atoms with Gasteiger partial charge in [-0.3, -0.25) is 0 Å². The topological polar surface area (TPSA) is 41.6 Å². The summed E-state index contributed by atoms with van der Waals surface area (Å²) in [6.07, 6.45) is 1.58. The lowest BCUT2D eigenvalue weighted by atomic mass is 9.88. The first-order valence-electron chi connectivity index (χ1n) is 6.36. The molecule has 0 aromatic heterocycles. The van der Waals surface area contributed by atoms with Gasteiger partial charge in [0.2, 0.25) is 0 Å². The van der Waals surface area contributed by atoms with E-state index in [0.717, 1.165) is 13.0 Å². The van der Waals surface area contributed by atoms with E-state index in [2.05, 4.69) is 10.2 Å². The summed E-state index contributed by atoms with van der Waals surface area (Å²) in [5, 5.41) is 3.16. The van der Waals surface area contributed by atoms with Crippen LogP contribution in [0.5, 0.6) is 0 Å². The van der Waals surface area contributed by atoms with Crippen LogP contribution in [0.2, 0.25) is 0 Å². The van der Waals surface area contributed by atoms with Gasteiger partial charge in [-0.15, -0.1) is 0 Å². The van der Waals surface area contributed by atoms with Crippen molar-refractivity contribution in [2.75, 3.05) is 32.6 Å². The molecule has 1 fully saturated rings. The number of carbonyl (C=O) groups is 1. The monoisotopic (exact) mass is 266 g/mol. The quantitative estimate of drug-likeness (QED) is 0.848. The van der Waals surface area contributed by atoms with Crippen LogP contribution in [0, 0.1) is 5.82 Å². The SMILES string of the molecule is COC(=O)C1(Nc2cccc(F)c2)CCCN(C)C1. The maximum absolute atomic E-state index is 13.2. The van der Waals surface area contributed by atoms with E-state index in [0.29, 0.717) is 18.7 Å². The second-order valence-electron chi connectivity index (χ2n) is 5.05. The molecule has 1 heterocycles. The fourth-order valence-electron chi connectivity index (χ4n) is 2.63. The Labute approximate surface area is 112 Å². The number of piperidine rings is 1. The Morgan fingerprint density at radius 1 is 1.53 bits per heavy atom. The van der Waals surface area contributed by atoms with Crippen molar-refractivity contribution in [2.45, 2.75) is 18.4 Å². The number of hydrogen-bond donors (Lipinski definition) is 1. The predicted octanol–water partition coefficient (Wildman–Crippen LogP) is 1.87. The van der Waals surface area contributed by atoms with E-state index in [-0.39, 0.29) is 11.8 Å². The van der Waals surface area contributed by atoms with Gasteiger partial charge in [0, 0.05) is 12.2 Å². The number of nitrogens with one attached hydrogen (secondary N) is 1. The molecule has 0 spiro atoms. The summed E-state index contributed by atoms with van der Waals surface area (Å²) >= 11 is 0. The molecule has 1 N–H and O–H groups in total. The molecule has 0 aliphatic carbocycles. The number of anilines is 1. The van der Waals surface area contributed by atoms with Gasteiger partial charge in [-0.1, -0.05) is 6.07 Å². The Morgan fingerprint density at radius 2 is 2.32 bits per heavy atom. The Morgan fingerprint density at radius 3 is 2.95 bits per heavy atom. The molecule has 1 aromatic carbocycles. The molecule has 1 aliphatic heterocycles. The molecule has 1 aliphatic rings. The summed E-state index contributed by atoms with van der Waals surface area (Å²) in [5.41, 5.74) is -0.198. The second kappa shape index (κ2) is 5.57. The first-order chi connectivity index (χ1) is 9.05. The molecule has 1 unspecified atom stereocenters. The molecular formula is C14H19FN2O2. The summed E-state index contributed by atoms with van der Waals surface area (Å²) in [6.45, 7) is 1.50. The van der Waals surface area contributed by atoms with Crippen LogP contribution in [0.3, 0.4) is 0 Å². The highest BCUT2D eigenvalue weighted by atomic mass is 19.1. The van der Waals surface area contributed by atoms with Gasteiger partial charge in [0.15, 0.2) is 0 Å². The third-order valence-corrected chi connectivity index (χ3v) is 3.47. The number of hydrogen-bond acceptors (Lipinski definition) is 4. The van der Waals surface area contributed by atoms with Crippen molar-refractivity contribution in [3.63, 3.8) is 0 Å². The average molecular weight is 266 g/mol. The van der Waals surface area contributed by atoms with E-state index in [1.165, 1.54) is 19.2 Å². The molecule has 0 saturated carbocycles. The highest BCUT2D eigenvalue weighted by Crippen LogP contribution is 2.27. The largest absolute Gasteiger partial charge is 0.467 e. The third-order valence-electron chi connectivity index (χ3n) is 3.47. The zero-order chi connectivity index (χ0) is 13.9. The lowest BCUT2D eigenvalue weighted by Crippen LogP contribution is -2.57. The van der Waals surface area contributed by atoms with Crippen molar-refractivity contribution in [3.05, 3.63) is 30.1 Å². The van der Waals surface area contributed by atoms with Crippen LogP contribution in [0.1, 0.15) is 12.8 Å². The fourth-order valence-corrected chi connectivity index (χ4v) is 2.63. The summed E-state index contributed by atoms with van der Waals surface area (Å²) in [6, 6.07) is 6.14. The van der Waals surface area contributed by atoms with Gasteiger partial charge in [-0.25, -0.2) is 9.18 Å². The highest BCUT2D eigenvalue weighted by Gasteiger charge is 2.42. The predicted molar refractivity (Wildman–Crippen MR) is 71.5 cm³/mol. The molecule has 0 bridgehead atoms. The molecule has 1 atom stereocenters. The minimum atomic E-state index is -0.796. The molecule has 4 nitrogen and oxygen atoms in total. The van der Waals surface area contributed by atoms with Gasteiger partial charge in [-0.05, 0) is 44.6 Å². The maximum atomic E-state index is 13.2. The van der Waals surface area contributed by atoms with Gasteiger partial charge < -0.3 is 15.0 Å². The van der Waals surface area contributed by atoms with E-state index < -0.39 is 5.54 Å². The number of carbonyl (C=O) groups excluding carboxylic acids is 1. The lowest BCUT2D eigenvalue weighted by Gasteiger charge is -2.40. The molecular weight excluding hydrogens is 247 g/mol. The number of benzene rings is 1. The average Bonchev–Trinajstić information content (AvgIpc) is 2.37. The molecule has 1 aromatic rings. The molecule has 104 valence electrons. The van der Waals surface area contributed by atoms with E-state index >= 15 is 0 Å². The van der Waals surface area contributed by atoms with Gasteiger partial charge in [0.25, 0.3) is 0 Å². The van der Waals surface area contributed by atoms with E-state index in [4.69, 9.17) is 4.74 Å². The third kappa shape index (κ3) is 3.04.